The summed E-state index contributed by atoms with van der Waals surface area (Å²) in [5.41, 5.74) is 7.80. The predicted octanol–water partition coefficient (Wildman–Crippen LogP) is 9.63. The van der Waals surface area contributed by atoms with Crippen LogP contribution in [0.4, 0.5) is 0 Å². The van der Waals surface area contributed by atoms with Gasteiger partial charge in [0.15, 0.2) is 0 Å². The lowest BCUT2D eigenvalue weighted by atomic mass is 9.97. The van der Waals surface area contributed by atoms with Crippen LogP contribution in [0.2, 0.25) is 0 Å². The van der Waals surface area contributed by atoms with Crippen molar-refractivity contribution in [2.45, 2.75) is 13.8 Å². The quantitative estimate of drug-likeness (QED) is 0.253. The molecule has 0 amide bonds. The summed E-state index contributed by atoms with van der Waals surface area (Å²) in [6.07, 6.45) is 0. The average Bonchev–Trinajstić information content (AvgIpc) is 2.89. The zero-order valence-electron chi connectivity index (χ0n) is 19.7. The van der Waals surface area contributed by atoms with E-state index in [2.05, 4.69) is 147 Å². The minimum Gasteiger partial charge on any atom is -0.0616 e. The second-order valence-corrected chi connectivity index (χ2v) is 8.79. The first-order valence-corrected chi connectivity index (χ1v) is 11.8. The third-order valence-corrected chi connectivity index (χ3v) is 6.27. The summed E-state index contributed by atoms with van der Waals surface area (Å²) < 4.78 is 0. The molecule has 34 heavy (non-hydrogen) atoms. The third kappa shape index (κ3) is 4.63. The second-order valence-electron chi connectivity index (χ2n) is 8.79. The van der Waals surface area contributed by atoms with Gasteiger partial charge in [-0.05, 0) is 57.6 Å². The Hall–Kier alpha value is -4.16. The van der Waals surface area contributed by atoms with E-state index in [0.717, 1.165) is 0 Å². The van der Waals surface area contributed by atoms with Gasteiger partial charge in [0.2, 0.25) is 0 Å². The molecule has 0 nitrogen and oxygen atoms in total. The summed E-state index contributed by atoms with van der Waals surface area (Å²) >= 11 is 0. The summed E-state index contributed by atoms with van der Waals surface area (Å²) in [7, 11) is 0. The van der Waals surface area contributed by atoms with Gasteiger partial charge >= 0.3 is 0 Å². The zero-order chi connectivity index (χ0) is 23.3. The van der Waals surface area contributed by atoms with Gasteiger partial charge in [0.05, 0.1) is 0 Å². The predicted molar refractivity (Wildman–Crippen MR) is 148 cm³/mol. The van der Waals surface area contributed by atoms with Gasteiger partial charge in [-0.2, -0.15) is 0 Å². The van der Waals surface area contributed by atoms with Gasteiger partial charge in [0.25, 0.3) is 0 Å². The average molecular weight is 437 g/mol. The standard InChI is InChI=1S/2C17H14/c1-13-6-4-9-15(12-13)17-11-5-8-14-7-2-3-10-16(14)17;1-13-9-11-15(12-10-13)17-8-4-6-14-5-2-3-7-16(14)17/h2*2-12H,1H3. The van der Waals surface area contributed by atoms with Crippen LogP contribution in [-0.4, -0.2) is 0 Å². The molecule has 0 aliphatic heterocycles. The van der Waals surface area contributed by atoms with Crippen LogP contribution in [0.5, 0.6) is 0 Å². The molecule has 0 unspecified atom stereocenters. The highest BCUT2D eigenvalue weighted by molar-refractivity contribution is 5.97. The maximum absolute atomic E-state index is 2.24. The Bertz CT molecular complexity index is 1540. The van der Waals surface area contributed by atoms with Crippen LogP contribution in [-0.2, 0) is 0 Å². The van der Waals surface area contributed by atoms with E-state index in [4.69, 9.17) is 0 Å². The summed E-state index contributed by atoms with van der Waals surface area (Å²) in [6.45, 7) is 4.25. The highest BCUT2D eigenvalue weighted by atomic mass is 14.1. The molecule has 0 aliphatic rings. The first-order chi connectivity index (χ1) is 16.7. The molecule has 0 atom stereocenters. The molecule has 0 heterocycles. The minimum absolute atomic E-state index is 1.28. The fourth-order valence-electron chi connectivity index (χ4n) is 4.50. The largest absolute Gasteiger partial charge is 0.0616 e. The number of hydrogen-bond donors (Lipinski definition) is 0. The molecule has 0 spiro atoms. The Balaban J connectivity index is 0.000000142. The number of fused-ring (bicyclic) bond motifs is 2. The maximum atomic E-state index is 2.24. The first-order valence-electron chi connectivity index (χ1n) is 11.8. The van der Waals surface area contributed by atoms with E-state index in [9.17, 15) is 0 Å². The summed E-state index contributed by atoms with van der Waals surface area (Å²) in [6, 6.07) is 47.4. The van der Waals surface area contributed by atoms with E-state index in [1.54, 1.807) is 0 Å². The Morgan fingerprint density at radius 3 is 1.44 bits per heavy atom. The molecular weight excluding hydrogens is 408 g/mol. The highest BCUT2D eigenvalue weighted by Crippen LogP contribution is 2.29. The Kier molecular flexibility index (Phi) is 6.23. The van der Waals surface area contributed by atoms with E-state index in [-0.39, 0.29) is 0 Å². The summed E-state index contributed by atoms with van der Waals surface area (Å²) in [5.74, 6) is 0. The van der Waals surface area contributed by atoms with Gasteiger partial charge in [-0.15, -0.1) is 0 Å². The Labute approximate surface area is 202 Å². The fourth-order valence-corrected chi connectivity index (χ4v) is 4.50. The second kappa shape index (κ2) is 9.77. The lowest BCUT2D eigenvalue weighted by Crippen LogP contribution is -1.82. The van der Waals surface area contributed by atoms with Crippen molar-refractivity contribution < 1.29 is 0 Å². The van der Waals surface area contributed by atoms with Crippen molar-refractivity contribution in [1.29, 1.82) is 0 Å². The van der Waals surface area contributed by atoms with Crippen LogP contribution in [0, 0.1) is 13.8 Å². The molecule has 0 fully saturated rings. The Morgan fingerprint density at radius 1 is 0.353 bits per heavy atom. The normalized spacial score (nSPS) is 10.6. The van der Waals surface area contributed by atoms with Crippen LogP contribution in [0.1, 0.15) is 11.1 Å². The van der Waals surface area contributed by atoms with Crippen LogP contribution in [0.15, 0.2) is 133 Å². The van der Waals surface area contributed by atoms with E-state index < -0.39 is 0 Å². The fraction of sp³-hybridized carbons (Fsp3) is 0.0588. The number of hydrogen-bond acceptors (Lipinski definition) is 0. The van der Waals surface area contributed by atoms with Crippen LogP contribution < -0.4 is 0 Å². The van der Waals surface area contributed by atoms with E-state index >= 15 is 0 Å². The van der Waals surface area contributed by atoms with E-state index in [0.29, 0.717) is 0 Å². The molecule has 0 aliphatic carbocycles. The van der Waals surface area contributed by atoms with E-state index in [1.807, 2.05) is 0 Å². The zero-order valence-corrected chi connectivity index (χ0v) is 19.7. The number of aryl methyl sites for hydroxylation is 2. The molecule has 6 aromatic carbocycles. The lowest BCUT2D eigenvalue weighted by Gasteiger charge is -2.07. The molecule has 6 aromatic rings. The lowest BCUT2D eigenvalue weighted by molar-refractivity contribution is 1.47. The van der Waals surface area contributed by atoms with E-state index in [1.165, 1.54) is 54.9 Å². The van der Waals surface area contributed by atoms with Gasteiger partial charge in [0, 0.05) is 0 Å². The molecule has 0 saturated heterocycles. The SMILES string of the molecule is Cc1ccc(-c2cccc3ccccc23)cc1.Cc1cccc(-c2cccc3ccccc23)c1. The van der Waals surface area contributed by atoms with Crippen molar-refractivity contribution in [3.05, 3.63) is 145 Å². The summed E-state index contributed by atoms with van der Waals surface area (Å²) in [4.78, 5) is 0. The van der Waals surface area contributed by atoms with Gasteiger partial charge in [-0.25, -0.2) is 0 Å². The van der Waals surface area contributed by atoms with Crippen molar-refractivity contribution >= 4 is 21.5 Å². The van der Waals surface area contributed by atoms with Crippen molar-refractivity contribution in [3.63, 3.8) is 0 Å². The van der Waals surface area contributed by atoms with Crippen LogP contribution in [0.3, 0.4) is 0 Å². The minimum atomic E-state index is 1.28. The molecule has 0 aromatic heterocycles. The van der Waals surface area contributed by atoms with Gasteiger partial charge in [0.1, 0.15) is 0 Å². The number of benzene rings is 6. The molecule has 0 heteroatoms. The monoisotopic (exact) mass is 436 g/mol. The molecule has 0 radical (unpaired) electrons. The van der Waals surface area contributed by atoms with Gasteiger partial charge < -0.3 is 0 Å². The van der Waals surface area contributed by atoms with Crippen molar-refractivity contribution in [2.75, 3.05) is 0 Å². The maximum Gasteiger partial charge on any atom is -0.0105 e. The molecule has 6 rings (SSSR count). The summed E-state index contributed by atoms with van der Waals surface area (Å²) in [5, 5.41) is 5.23. The van der Waals surface area contributed by atoms with Crippen LogP contribution in [0.25, 0.3) is 43.8 Å². The number of rotatable bonds is 2. The van der Waals surface area contributed by atoms with Crippen molar-refractivity contribution in [1.82, 2.24) is 0 Å². The topological polar surface area (TPSA) is 0 Å². The molecule has 0 N–H and O–H groups in total. The molecule has 0 bridgehead atoms. The van der Waals surface area contributed by atoms with Crippen molar-refractivity contribution in [3.8, 4) is 22.3 Å². The first kappa shape index (κ1) is 21.7. The van der Waals surface area contributed by atoms with Gasteiger partial charge in [-0.1, -0.05) is 145 Å². The van der Waals surface area contributed by atoms with Crippen molar-refractivity contribution in [2.24, 2.45) is 0 Å². The highest BCUT2D eigenvalue weighted by Gasteiger charge is 2.03. The molecular formula is C34H28. The smallest absolute Gasteiger partial charge is 0.0105 e. The van der Waals surface area contributed by atoms with Gasteiger partial charge in [-0.3, -0.25) is 0 Å². The third-order valence-electron chi connectivity index (χ3n) is 6.27. The van der Waals surface area contributed by atoms with Crippen LogP contribution >= 0.6 is 0 Å². The molecule has 0 saturated carbocycles. The Morgan fingerprint density at radius 2 is 0.853 bits per heavy atom. The molecule has 164 valence electrons.